The van der Waals surface area contributed by atoms with Crippen LogP contribution < -0.4 is 0 Å². The monoisotopic (exact) mass is 168 g/mol. The standard InChI is InChI=1S/C8H12N2O2/c1-2-8(11)12-6-5-10-4-3-9-7-10/h3-4,7H,2,5-6H2,1H3. The van der Waals surface area contributed by atoms with Crippen LogP contribution in [0, 0.1) is 0 Å². The highest BCUT2D eigenvalue weighted by molar-refractivity contribution is 5.68. The zero-order valence-electron chi connectivity index (χ0n) is 7.06. The van der Waals surface area contributed by atoms with E-state index in [-0.39, 0.29) is 5.97 Å². The summed E-state index contributed by atoms with van der Waals surface area (Å²) in [6, 6.07) is 0. The van der Waals surface area contributed by atoms with Crippen LogP contribution >= 0.6 is 0 Å². The zero-order chi connectivity index (χ0) is 8.81. The molecule has 0 saturated heterocycles. The molecule has 1 aromatic heterocycles. The van der Waals surface area contributed by atoms with Crippen LogP contribution in [0.1, 0.15) is 13.3 Å². The molecule has 0 N–H and O–H groups in total. The summed E-state index contributed by atoms with van der Waals surface area (Å²) in [5.41, 5.74) is 0. The molecule has 1 aromatic rings. The average Bonchev–Trinajstić information content (AvgIpc) is 2.57. The smallest absolute Gasteiger partial charge is 0.305 e. The van der Waals surface area contributed by atoms with Crippen molar-refractivity contribution in [3.05, 3.63) is 18.7 Å². The molecule has 1 rings (SSSR count). The van der Waals surface area contributed by atoms with E-state index in [1.807, 2.05) is 10.8 Å². The van der Waals surface area contributed by atoms with Gasteiger partial charge in [0.2, 0.25) is 0 Å². The number of nitrogens with zero attached hydrogens (tertiary/aromatic N) is 2. The van der Waals surface area contributed by atoms with Gasteiger partial charge in [-0.25, -0.2) is 4.98 Å². The normalized spacial score (nSPS) is 9.75. The van der Waals surface area contributed by atoms with Crippen molar-refractivity contribution >= 4 is 5.97 Å². The Morgan fingerprint density at radius 1 is 1.67 bits per heavy atom. The van der Waals surface area contributed by atoms with Crippen LogP contribution in [0.2, 0.25) is 0 Å². The van der Waals surface area contributed by atoms with Crippen molar-refractivity contribution in [3.8, 4) is 0 Å². The van der Waals surface area contributed by atoms with Gasteiger partial charge in [0.25, 0.3) is 0 Å². The zero-order valence-corrected chi connectivity index (χ0v) is 7.06. The Kier molecular flexibility index (Phi) is 3.32. The summed E-state index contributed by atoms with van der Waals surface area (Å²) in [5.74, 6) is -0.157. The molecule has 0 unspecified atom stereocenters. The lowest BCUT2D eigenvalue weighted by Crippen LogP contribution is -2.09. The molecule has 0 amide bonds. The molecule has 0 aliphatic rings. The number of esters is 1. The van der Waals surface area contributed by atoms with Crippen LogP contribution in [0.25, 0.3) is 0 Å². The van der Waals surface area contributed by atoms with Gasteiger partial charge in [0.15, 0.2) is 0 Å². The summed E-state index contributed by atoms with van der Waals surface area (Å²) < 4.78 is 6.74. The molecule has 1 heterocycles. The van der Waals surface area contributed by atoms with Crippen LogP contribution in [0.3, 0.4) is 0 Å². The molecule has 0 radical (unpaired) electrons. The molecular weight excluding hydrogens is 156 g/mol. The molecule has 0 fully saturated rings. The lowest BCUT2D eigenvalue weighted by molar-refractivity contribution is -0.143. The van der Waals surface area contributed by atoms with E-state index < -0.39 is 0 Å². The molecule has 4 nitrogen and oxygen atoms in total. The maximum atomic E-state index is 10.7. The Hall–Kier alpha value is -1.32. The SMILES string of the molecule is CCC(=O)OCCn1ccnc1. The minimum Gasteiger partial charge on any atom is -0.464 e. The number of carbonyl (C=O) groups excluding carboxylic acids is 1. The van der Waals surface area contributed by atoms with Gasteiger partial charge < -0.3 is 9.30 Å². The van der Waals surface area contributed by atoms with Crippen LogP contribution in [-0.4, -0.2) is 22.1 Å². The van der Waals surface area contributed by atoms with Gasteiger partial charge >= 0.3 is 5.97 Å². The molecule has 4 heteroatoms. The molecule has 66 valence electrons. The van der Waals surface area contributed by atoms with E-state index in [4.69, 9.17) is 4.74 Å². The van der Waals surface area contributed by atoms with E-state index in [2.05, 4.69) is 4.98 Å². The van der Waals surface area contributed by atoms with Crippen molar-refractivity contribution in [2.75, 3.05) is 6.61 Å². The first-order chi connectivity index (χ1) is 5.83. The van der Waals surface area contributed by atoms with Crippen molar-refractivity contribution in [2.24, 2.45) is 0 Å². The van der Waals surface area contributed by atoms with Crippen LogP contribution in [0.5, 0.6) is 0 Å². The fourth-order valence-corrected chi connectivity index (χ4v) is 0.786. The van der Waals surface area contributed by atoms with Gasteiger partial charge in [0, 0.05) is 18.8 Å². The summed E-state index contributed by atoms with van der Waals surface area (Å²) in [4.78, 5) is 14.6. The molecular formula is C8H12N2O2. The number of rotatable bonds is 4. The van der Waals surface area contributed by atoms with E-state index in [0.29, 0.717) is 19.6 Å². The highest BCUT2D eigenvalue weighted by Crippen LogP contribution is 1.88. The Balaban J connectivity index is 2.15. The summed E-state index contributed by atoms with van der Waals surface area (Å²) in [7, 11) is 0. The van der Waals surface area contributed by atoms with E-state index >= 15 is 0 Å². The van der Waals surface area contributed by atoms with E-state index in [1.54, 1.807) is 19.4 Å². The third-order valence-corrected chi connectivity index (χ3v) is 1.46. The molecule has 0 spiro atoms. The number of ether oxygens (including phenoxy) is 1. The van der Waals surface area contributed by atoms with Crippen molar-refractivity contribution in [1.82, 2.24) is 9.55 Å². The lowest BCUT2D eigenvalue weighted by Gasteiger charge is -2.02. The van der Waals surface area contributed by atoms with Gasteiger partial charge in [0.05, 0.1) is 12.9 Å². The van der Waals surface area contributed by atoms with Crippen molar-refractivity contribution in [3.63, 3.8) is 0 Å². The Morgan fingerprint density at radius 2 is 2.50 bits per heavy atom. The van der Waals surface area contributed by atoms with Gasteiger partial charge in [-0.15, -0.1) is 0 Å². The second-order valence-electron chi connectivity index (χ2n) is 2.37. The molecule has 12 heavy (non-hydrogen) atoms. The van der Waals surface area contributed by atoms with Crippen molar-refractivity contribution in [2.45, 2.75) is 19.9 Å². The first-order valence-corrected chi connectivity index (χ1v) is 3.94. The second-order valence-corrected chi connectivity index (χ2v) is 2.37. The molecule has 0 atom stereocenters. The van der Waals surface area contributed by atoms with Crippen LogP contribution in [-0.2, 0) is 16.1 Å². The summed E-state index contributed by atoms with van der Waals surface area (Å²) in [5, 5.41) is 0. The van der Waals surface area contributed by atoms with Gasteiger partial charge in [-0.1, -0.05) is 6.92 Å². The van der Waals surface area contributed by atoms with E-state index in [9.17, 15) is 4.79 Å². The number of imidazole rings is 1. The van der Waals surface area contributed by atoms with E-state index in [0.717, 1.165) is 0 Å². The molecule has 0 bridgehead atoms. The van der Waals surface area contributed by atoms with Crippen LogP contribution in [0.4, 0.5) is 0 Å². The fraction of sp³-hybridized carbons (Fsp3) is 0.500. The summed E-state index contributed by atoms with van der Waals surface area (Å²) >= 11 is 0. The number of aromatic nitrogens is 2. The first kappa shape index (κ1) is 8.77. The summed E-state index contributed by atoms with van der Waals surface area (Å²) in [6.45, 7) is 2.87. The third-order valence-electron chi connectivity index (χ3n) is 1.46. The Bertz CT molecular complexity index is 231. The highest BCUT2D eigenvalue weighted by Gasteiger charge is 1.96. The van der Waals surface area contributed by atoms with Crippen molar-refractivity contribution < 1.29 is 9.53 Å². The minimum absolute atomic E-state index is 0.157. The third kappa shape index (κ3) is 2.74. The quantitative estimate of drug-likeness (QED) is 0.625. The number of hydrogen-bond donors (Lipinski definition) is 0. The maximum absolute atomic E-state index is 10.7. The van der Waals surface area contributed by atoms with Gasteiger partial charge in [-0.05, 0) is 0 Å². The largest absolute Gasteiger partial charge is 0.464 e. The van der Waals surface area contributed by atoms with E-state index in [1.165, 1.54) is 0 Å². The molecule has 0 aliphatic heterocycles. The van der Waals surface area contributed by atoms with Gasteiger partial charge in [-0.2, -0.15) is 0 Å². The predicted octanol–water partition coefficient (Wildman–Crippen LogP) is 0.836. The first-order valence-electron chi connectivity index (χ1n) is 3.94. The van der Waals surface area contributed by atoms with Crippen molar-refractivity contribution in [1.29, 1.82) is 0 Å². The van der Waals surface area contributed by atoms with Gasteiger partial charge in [0.1, 0.15) is 6.61 Å². The molecule has 0 aliphatic carbocycles. The Labute approximate surface area is 71.2 Å². The topological polar surface area (TPSA) is 44.1 Å². The number of hydrogen-bond acceptors (Lipinski definition) is 3. The second kappa shape index (κ2) is 4.54. The highest BCUT2D eigenvalue weighted by atomic mass is 16.5. The predicted molar refractivity (Wildman–Crippen MR) is 43.5 cm³/mol. The average molecular weight is 168 g/mol. The Morgan fingerprint density at radius 3 is 3.08 bits per heavy atom. The lowest BCUT2D eigenvalue weighted by atomic mass is 10.5. The maximum Gasteiger partial charge on any atom is 0.305 e. The fourth-order valence-electron chi connectivity index (χ4n) is 0.786. The van der Waals surface area contributed by atoms with Gasteiger partial charge in [-0.3, -0.25) is 4.79 Å². The summed E-state index contributed by atoms with van der Waals surface area (Å²) in [6.07, 6.45) is 5.66. The molecule has 0 aromatic carbocycles. The minimum atomic E-state index is -0.157. The molecule has 0 saturated carbocycles. The number of carbonyl (C=O) groups is 1. The van der Waals surface area contributed by atoms with Crippen LogP contribution in [0.15, 0.2) is 18.7 Å².